The lowest BCUT2D eigenvalue weighted by atomic mass is 10.1. The maximum Gasteiger partial charge on any atom is 0.243 e. The molecule has 1 N–H and O–H groups in total. The quantitative estimate of drug-likeness (QED) is 0.507. The van der Waals surface area contributed by atoms with Crippen LogP contribution in [0.25, 0.3) is 0 Å². The Balaban J connectivity index is 1.55. The molecule has 3 rings (SSSR count). The molecule has 1 saturated heterocycles. The Kier molecular flexibility index (Phi) is 8.78. The lowest BCUT2D eigenvalue weighted by Crippen LogP contribution is -2.48. The molecule has 7 nitrogen and oxygen atoms in total. The smallest absolute Gasteiger partial charge is 0.243 e. The lowest BCUT2D eigenvalue weighted by Gasteiger charge is -2.34. The second-order valence-electron chi connectivity index (χ2n) is 8.07. The third kappa shape index (κ3) is 7.18. The molecule has 0 unspecified atom stereocenters. The van der Waals surface area contributed by atoms with Crippen LogP contribution in [0.15, 0.2) is 59.6 Å². The first kappa shape index (κ1) is 23.4. The summed E-state index contributed by atoms with van der Waals surface area (Å²) in [5.41, 5.74) is 1.22. The van der Waals surface area contributed by atoms with Crippen LogP contribution in [-0.4, -0.2) is 75.2 Å². The van der Waals surface area contributed by atoms with Crippen molar-refractivity contribution in [2.75, 3.05) is 47.4 Å². The molecule has 1 aliphatic heterocycles. The number of piperidine rings is 1. The summed E-state index contributed by atoms with van der Waals surface area (Å²) in [5, 5.41) is 3.46. The molecule has 172 valence electrons. The highest BCUT2D eigenvalue weighted by molar-refractivity contribution is 5.84. The first-order chi connectivity index (χ1) is 15.5. The summed E-state index contributed by atoms with van der Waals surface area (Å²) >= 11 is 0. The summed E-state index contributed by atoms with van der Waals surface area (Å²) in [7, 11) is 5.17. The fraction of sp³-hybridized carbons (Fsp3) is 0.440. The van der Waals surface area contributed by atoms with E-state index in [0.717, 1.165) is 56.4 Å². The molecule has 2 aromatic rings. The summed E-state index contributed by atoms with van der Waals surface area (Å²) in [6, 6.07) is 18.0. The van der Waals surface area contributed by atoms with Crippen LogP contribution in [0.3, 0.4) is 0 Å². The van der Waals surface area contributed by atoms with Crippen molar-refractivity contribution in [3.8, 4) is 11.5 Å². The molecule has 7 heteroatoms. The molecule has 0 aliphatic carbocycles. The fourth-order valence-electron chi connectivity index (χ4n) is 3.54. The Bertz CT molecular complexity index is 861. The Morgan fingerprint density at radius 2 is 1.75 bits per heavy atom. The van der Waals surface area contributed by atoms with Crippen LogP contribution in [0.5, 0.6) is 11.5 Å². The number of benzene rings is 2. The first-order valence-corrected chi connectivity index (χ1v) is 11.1. The van der Waals surface area contributed by atoms with Crippen molar-refractivity contribution in [1.82, 2.24) is 15.1 Å². The molecule has 0 saturated carbocycles. The van der Waals surface area contributed by atoms with Gasteiger partial charge in [0.25, 0.3) is 0 Å². The van der Waals surface area contributed by atoms with Crippen LogP contribution in [0.1, 0.15) is 18.4 Å². The topological polar surface area (TPSA) is 66.4 Å². The van der Waals surface area contributed by atoms with Gasteiger partial charge < -0.3 is 24.6 Å². The molecule has 2 aromatic carbocycles. The number of hydrogen-bond acceptors (Lipinski definition) is 4. The molecular formula is C25H34N4O3. The number of aliphatic imine (C=N–C) groups is 1. The molecule has 1 fully saturated rings. The summed E-state index contributed by atoms with van der Waals surface area (Å²) in [6.45, 7) is 2.55. The monoisotopic (exact) mass is 438 g/mol. The molecule has 0 spiro atoms. The third-order valence-electron chi connectivity index (χ3n) is 5.51. The number of guanidine groups is 1. The van der Waals surface area contributed by atoms with Crippen molar-refractivity contribution >= 4 is 11.9 Å². The van der Waals surface area contributed by atoms with E-state index in [0.29, 0.717) is 0 Å². The van der Waals surface area contributed by atoms with Gasteiger partial charge in [0.15, 0.2) is 5.96 Å². The summed E-state index contributed by atoms with van der Waals surface area (Å²) < 4.78 is 11.3. The average molecular weight is 439 g/mol. The van der Waals surface area contributed by atoms with Gasteiger partial charge in [-0.05, 0) is 36.2 Å². The number of nitrogens with zero attached hydrogens (tertiary/aromatic N) is 3. The average Bonchev–Trinajstić information content (AvgIpc) is 2.82. The fourth-order valence-corrected chi connectivity index (χ4v) is 3.54. The molecule has 0 atom stereocenters. The van der Waals surface area contributed by atoms with Gasteiger partial charge in [-0.2, -0.15) is 0 Å². The molecule has 1 aliphatic rings. The van der Waals surface area contributed by atoms with Crippen LogP contribution in [0.4, 0.5) is 0 Å². The minimum absolute atomic E-state index is 0.0123. The second-order valence-corrected chi connectivity index (χ2v) is 8.07. The van der Waals surface area contributed by atoms with E-state index in [1.54, 1.807) is 26.1 Å². The van der Waals surface area contributed by atoms with Gasteiger partial charge in [0.05, 0.1) is 7.11 Å². The Morgan fingerprint density at radius 1 is 1.06 bits per heavy atom. The maximum absolute atomic E-state index is 12.1. The molecular weight excluding hydrogens is 404 g/mol. The highest BCUT2D eigenvalue weighted by Gasteiger charge is 2.23. The van der Waals surface area contributed by atoms with Gasteiger partial charge in [-0.3, -0.25) is 4.79 Å². The van der Waals surface area contributed by atoms with E-state index in [9.17, 15) is 4.79 Å². The van der Waals surface area contributed by atoms with Crippen LogP contribution in [0, 0.1) is 0 Å². The molecule has 32 heavy (non-hydrogen) atoms. The minimum atomic E-state index is -0.0123. The van der Waals surface area contributed by atoms with Crippen LogP contribution in [-0.2, 0) is 11.2 Å². The summed E-state index contributed by atoms with van der Waals surface area (Å²) in [5.74, 6) is 2.54. The number of rotatable bonds is 8. The van der Waals surface area contributed by atoms with E-state index >= 15 is 0 Å². The zero-order valence-corrected chi connectivity index (χ0v) is 19.3. The largest absolute Gasteiger partial charge is 0.497 e. The van der Waals surface area contributed by atoms with Gasteiger partial charge in [-0.15, -0.1) is 0 Å². The Hall–Kier alpha value is -3.22. The minimum Gasteiger partial charge on any atom is -0.497 e. The van der Waals surface area contributed by atoms with Crippen molar-refractivity contribution in [1.29, 1.82) is 0 Å². The van der Waals surface area contributed by atoms with E-state index < -0.39 is 0 Å². The zero-order chi connectivity index (χ0) is 22.8. The molecule has 0 bridgehead atoms. The maximum atomic E-state index is 12.1. The van der Waals surface area contributed by atoms with E-state index in [1.807, 2.05) is 42.5 Å². The number of para-hydroxylation sites is 1. The number of nitrogens with one attached hydrogen (secondary N) is 1. The van der Waals surface area contributed by atoms with Gasteiger partial charge in [-0.1, -0.05) is 30.3 Å². The standard InChI is InChI=1S/C25H34N4O3/c1-28(2)24(30)19-27-25(26-16-13-20-9-11-21(31-3)12-10-20)29-17-14-23(15-18-29)32-22-7-5-4-6-8-22/h4-12,23H,13-19H2,1-3H3,(H,26,27). The number of methoxy groups -OCH3 is 1. The van der Waals surface area contributed by atoms with E-state index in [1.165, 1.54) is 5.56 Å². The van der Waals surface area contributed by atoms with Crippen LogP contribution >= 0.6 is 0 Å². The second kappa shape index (κ2) is 12.0. The van der Waals surface area contributed by atoms with Gasteiger partial charge in [0.1, 0.15) is 24.1 Å². The normalized spacial score (nSPS) is 14.7. The zero-order valence-electron chi connectivity index (χ0n) is 19.3. The highest BCUT2D eigenvalue weighted by atomic mass is 16.5. The molecule has 1 heterocycles. The molecule has 0 aromatic heterocycles. The van der Waals surface area contributed by atoms with Crippen molar-refractivity contribution in [3.63, 3.8) is 0 Å². The van der Waals surface area contributed by atoms with Crippen molar-refractivity contribution in [3.05, 3.63) is 60.2 Å². The van der Waals surface area contributed by atoms with E-state index in [4.69, 9.17) is 9.47 Å². The van der Waals surface area contributed by atoms with E-state index in [2.05, 4.69) is 27.3 Å². The highest BCUT2D eigenvalue weighted by Crippen LogP contribution is 2.19. The molecule has 0 radical (unpaired) electrons. The summed E-state index contributed by atoms with van der Waals surface area (Å²) in [6.07, 6.45) is 2.88. The van der Waals surface area contributed by atoms with Crippen molar-refractivity contribution < 1.29 is 14.3 Å². The van der Waals surface area contributed by atoms with Gasteiger partial charge in [0.2, 0.25) is 5.91 Å². The first-order valence-electron chi connectivity index (χ1n) is 11.1. The van der Waals surface area contributed by atoms with Crippen molar-refractivity contribution in [2.45, 2.75) is 25.4 Å². The Morgan fingerprint density at radius 3 is 2.38 bits per heavy atom. The van der Waals surface area contributed by atoms with Crippen molar-refractivity contribution in [2.24, 2.45) is 4.99 Å². The summed E-state index contributed by atoms with van der Waals surface area (Å²) in [4.78, 5) is 20.5. The number of likely N-dealkylation sites (tertiary alicyclic amines) is 1. The lowest BCUT2D eigenvalue weighted by molar-refractivity contribution is -0.127. The predicted octanol–water partition coefficient (Wildman–Crippen LogP) is 2.81. The van der Waals surface area contributed by atoms with Gasteiger partial charge in [-0.25, -0.2) is 4.99 Å². The number of ether oxygens (including phenoxy) is 2. The number of hydrogen-bond donors (Lipinski definition) is 1. The molecule has 1 amide bonds. The SMILES string of the molecule is COc1ccc(CCNC(=NCC(=O)N(C)C)N2CCC(Oc3ccccc3)CC2)cc1. The number of carbonyl (C=O) groups excluding carboxylic acids is 1. The van der Waals surface area contributed by atoms with E-state index in [-0.39, 0.29) is 18.6 Å². The third-order valence-corrected chi connectivity index (χ3v) is 5.51. The number of carbonyl (C=O) groups is 1. The van der Waals surface area contributed by atoms with Gasteiger partial charge in [0, 0.05) is 46.6 Å². The predicted molar refractivity (Wildman–Crippen MR) is 127 cm³/mol. The van der Waals surface area contributed by atoms with Crippen LogP contribution in [0.2, 0.25) is 0 Å². The Labute approximate surface area is 191 Å². The van der Waals surface area contributed by atoms with Gasteiger partial charge >= 0.3 is 0 Å². The number of amides is 1. The van der Waals surface area contributed by atoms with Crippen LogP contribution < -0.4 is 14.8 Å². The number of likely N-dealkylation sites (N-methyl/N-ethyl adjacent to an activating group) is 1.